The van der Waals surface area contributed by atoms with Crippen LogP contribution in [-0.2, 0) is 27.3 Å². The summed E-state index contributed by atoms with van der Waals surface area (Å²) in [6.45, 7) is 2.15. The van der Waals surface area contributed by atoms with Crippen molar-refractivity contribution in [2.45, 2.75) is 44.7 Å². The molecule has 5 aromatic rings. The van der Waals surface area contributed by atoms with E-state index in [1.807, 2.05) is 79.7 Å². The second-order valence-corrected chi connectivity index (χ2v) is 12.6. The van der Waals surface area contributed by atoms with Crippen molar-refractivity contribution < 1.29 is 24.6 Å². The lowest BCUT2D eigenvalue weighted by Crippen LogP contribution is -2.43. The van der Waals surface area contributed by atoms with Crippen molar-refractivity contribution in [2.75, 3.05) is 0 Å². The molecule has 0 aromatic heterocycles. The highest BCUT2D eigenvalue weighted by Gasteiger charge is 2.33. The topological polar surface area (TPSA) is 94.9 Å². The highest BCUT2D eigenvalue weighted by molar-refractivity contribution is 6.42. The van der Waals surface area contributed by atoms with Gasteiger partial charge in [0.15, 0.2) is 0 Å². The Kier molecular flexibility index (Phi) is 11.0. The van der Waals surface area contributed by atoms with Gasteiger partial charge in [-0.1, -0.05) is 120 Å². The van der Waals surface area contributed by atoms with Gasteiger partial charge in [0.05, 0.1) is 22.4 Å². The molecule has 0 bridgehead atoms. The number of aliphatic carboxylic acids is 2. The molecule has 8 heteroatoms. The lowest BCUT2D eigenvalue weighted by molar-refractivity contribution is -0.151. The molecule has 0 radical (unpaired) electrons. The number of hydrogen-bond acceptors (Lipinski definition) is 3. The average molecular weight is 669 g/mol. The van der Waals surface area contributed by atoms with E-state index in [2.05, 4.69) is 36.4 Å². The van der Waals surface area contributed by atoms with Crippen molar-refractivity contribution in [3.63, 3.8) is 0 Å². The number of benzene rings is 5. The molecule has 0 saturated heterocycles. The Labute approximate surface area is 284 Å². The number of carboxylic acids is 2. The molecule has 3 unspecified atom stereocenters. The van der Waals surface area contributed by atoms with Crippen molar-refractivity contribution in [3.05, 3.63) is 142 Å². The molecule has 0 heterocycles. The third kappa shape index (κ3) is 8.59. The Morgan fingerprint density at radius 3 is 1.98 bits per heavy atom. The van der Waals surface area contributed by atoms with E-state index in [1.165, 1.54) is 0 Å². The first-order chi connectivity index (χ1) is 22.6. The Bertz CT molecular complexity index is 1880. The van der Waals surface area contributed by atoms with Gasteiger partial charge in [0.1, 0.15) is 0 Å². The molecule has 0 fully saturated rings. The number of hydrogen-bond donors (Lipinski definition) is 2. The van der Waals surface area contributed by atoms with Gasteiger partial charge in [-0.25, -0.2) is 0 Å². The smallest absolute Gasteiger partial charge is 0.307 e. The van der Waals surface area contributed by atoms with Crippen LogP contribution in [0.5, 0.6) is 0 Å². The monoisotopic (exact) mass is 667 g/mol. The van der Waals surface area contributed by atoms with Crippen LogP contribution in [0.4, 0.5) is 0 Å². The number of rotatable bonds is 13. The van der Waals surface area contributed by atoms with E-state index in [4.69, 9.17) is 23.2 Å². The van der Waals surface area contributed by atoms with Gasteiger partial charge in [-0.05, 0) is 70.1 Å². The minimum absolute atomic E-state index is 0.203. The first-order valence-corrected chi connectivity index (χ1v) is 16.2. The first-order valence-electron chi connectivity index (χ1n) is 15.4. The van der Waals surface area contributed by atoms with Crippen LogP contribution >= 0.6 is 23.2 Å². The molecule has 47 heavy (non-hydrogen) atoms. The zero-order chi connectivity index (χ0) is 33.5. The number of fused-ring (bicyclic) bond motifs is 1. The molecule has 0 spiro atoms. The van der Waals surface area contributed by atoms with Gasteiger partial charge in [0.2, 0.25) is 5.91 Å². The minimum Gasteiger partial charge on any atom is -0.481 e. The maximum atomic E-state index is 14.1. The van der Waals surface area contributed by atoms with Crippen molar-refractivity contribution in [3.8, 4) is 11.1 Å². The largest absolute Gasteiger partial charge is 0.481 e. The third-order valence-electron chi connectivity index (χ3n) is 8.64. The summed E-state index contributed by atoms with van der Waals surface area (Å²) in [5.74, 6) is -4.66. The summed E-state index contributed by atoms with van der Waals surface area (Å²) >= 11 is 12.8. The average Bonchev–Trinajstić information content (AvgIpc) is 3.07. The molecule has 2 N–H and O–H groups in total. The van der Waals surface area contributed by atoms with Gasteiger partial charge in [0, 0.05) is 24.9 Å². The van der Waals surface area contributed by atoms with E-state index < -0.39 is 42.6 Å². The third-order valence-corrected chi connectivity index (χ3v) is 9.38. The number of halogens is 2. The fourth-order valence-electron chi connectivity index (χ4n) is 6.02. The summed E-state index contributed by atoms with van der Waals surface area (Å²) in [6.07, 6.45) is -0.546. The Balaban J connectivity index is 1.53. The highest BCUT2D eigenvalue weighted by Crippen LogP contribution is 2.34. The van der Waals surface area contributed by atoms with E-state index in [-0.39, 0.29) is 12.5 Å². The molecule has 1 amide bonds. The summed E-state index contributed by atoms with van der Waals surface area (Å²) in [7, 11) is 0. The van der Waals surface area contributed by atoms with Gasteiger partial charge < -0.3 is 15.1 Å². The number of amides is 1. The second kappa shape index (κ2) is 15.3. The molecule has 0 saturated carbocycles. The van der Waals surface area contributed by atoms with Crippen LogP contribution in [0.25, 0.3) is 21.9 Å². The van der Waals surface area contributed by atoms with Gasteiger partial charge in [-0.3, -0.25) is 14.4 Å². The van der Waals surface area contributed by atoms with Crippen molar-refractivity contribution in [1.29, 1.82) is 0 Å². The highest BCUT2D eigenvalue weighted by atomic mass is 35.5. The summed E-state index contributed by atoms with van der Waals surface area (Å²) < 4.78 is 0. The lowest BCUT2D eigenvalue weighted by Gasteiger charge is -2.36. The first kappa shape index (κ1) is 33.7. The summed E-state index contributed by atoms with van der Waals surface area (Å²) in [6, 6.07) is 37.3. The van der Waals surface area contributed by atoms with Crippen LogP contribution in [0.2, 0.25) is 10.0 Å². The van der Waals surface area contributed by atoms with Gasteiger partial charge in [-0.2, -0.15) is 0 Å². The van der Waals surface area contributed by atoms with Crippen molar-refractivity contribution >= 4 is 51.8 Å². The van der Waals surface area contributed by atoms with Crippen molar-refractivity contribution in [2.24, 2.45) is 5.92 Å². The fraction of sp³-hybridized carbons (Fsp3) is 0.205. The van der Waals surface area contributed by atoms with Gasteiger partial charge in [0.25, 0.3) is 0 Å². The number of carbonyl (C=O) groups excluding carboxylic acids is 1. The number of nitrogens with zero attached hydrogens (tertiary/aromatic N) is 1. The second-order valence-electron chi connectivity index (χ2n) is 11.8. The quantitative estimate of drug-likeness (QED) is 0.131. The van der Waals surface area contributed by atoms with Crippen LogP contribution in [0, 0.1) is 5.92 Å². The maximum Gasteiger partial charge on any atom is 0.307 e. The molecule has 5 aromatic carbocycles. The standard InChI is InChI=1S/C39H35Cl2NO5/c1-25(34(32-17-18-35(40)36(41)21-32)20-26-11-14-30(15-12-26)28-7-3-2-4-8-28)42(37(43)22-33(39(46)47)23-38(44)45)24-27-13-16-29-9-5-6-10-31(29)19-27/h2-19,21,25,33-34H,20,22-24H2,1H3,(H,44,45)(H,46,47). The molecule has 0 aliphatic heterocycles. The zero-order valence-electron chi connectivity index (χ0n) is 25.9. The molecule has 3 atom stereocenters. The van der Waals surface area contributed by atoms with Gasteiger partial charge in [-0.15, -0.1) is 0 Å². The van der Waals surface area contributed by atoms with Crippen LogP contribution in [-0.4, -0.2) is 39.0 Å². The van der Waals surface area contributed by atoms with Crippen LogP contribution in [0.15, 0.2) is 115 Å². The van der Waals surface area contributed by atoms with Crippen LogP contribution in [0.1, 0.15) is 42.4 Å². The van der Waals surface area contributed by atoms with Crippen LogP contribution in [0.3, 0.4) is 0 Å². The molecule has 240 valence electrons. The predicted molar refractivity (Wildman–Crippen MR) is 187 cm³/mol. The molecule has 0 aliphatic rings. The molecule has 0 aliphatic carbocycles. The Morgan fingerprint density at radius 2 is 1.32 bits per heavy atom. The predicted octanol–water partition coefficient (Wildman–Crippen LogP) is 9.12. The van der Waals surface area contributed by atoms with Crippen LogP contribution < -0.4 is 0 Å². The maximum absolute atomic E-state index is 14.1. The fourth-order valence-corrected chi connectivity index (χ4v) is 6.33. The normalized spacial score (nSPS) is 13.1. The molecular formula is C39H35Cl2NO5. The van der Waals surface area contributed by atoms with E-state index in [0.717, 1.165) is 38.6 Å². The summed E-state index contributed by atoms with van der Waals surface area (Å²) in [4.78, 5) is 39.2. The van der Waals surface area contributed by atoms with Gasteiger partial charge >= 0.3 is 11.9 Å². The van der Waals surface area contributed by atoms with E-state index in [1.54, 1.807) is 11.0 Å². The molecule has 5 rings (SSSR count). The van der Waals surface area contributed by atoms with E-state index in [0.29, 0.717) is 16.5 Å². The number of carboxylic acid groups (broad SMARTS) is 2. The lowest BCUT2D eigenvalue weighted by atomic mass is 9.84. The van der Waals surface area contributed by atoms with Crippen molar-refractivity contribution in [1.82, 2.24) is 4.90 Å². The Morgan fingerprint density at radius 1 is 0.681 bits per heavy atom. The van der Waals surface area contributed by atoms with E-state index in [9.17, 15) is 24.6 Å². The van der Waals surface area contributed by atoms with E-state index >= 15 is 0 Å². The SMILES string of the molecule is CC(C(Cc1ccc(-c2ccccc2)cc1)c1ccc(Cl)c(Cl)c1)N(Cc1ccc2ccccc2c1)C(=O)CC(CC(=O)O)C(=O)O. The summed E-state index contributed by atoms with van der Waals surface area (Å²) in [5.41, 5.74) is 4.97. The molecular weight excluding hydrogens is 633 g/mol. The number of carbonyl (C=O) groups is 3. The zero-order valence-corrected chi connectivity index (χ0v) is 27.4. The molecule has 6 nitrogen and oxygen atoms in total. The Hall–Kier alpha value is -4.65. The summed E-state index contributed by atoms with van der Waals surface area (Å²) in [5, 5.41) is 22.0. The minimum atomic E-state index is -1.36.